The molecule has 2 atom stereocenters. The molecule has 20 heavy (non-hydrogen) atoms. The number of rotatable bonds is 2. The van der Waals surface area contributed by atoms with Crippen molar-refractivity contribution in [1.82, 2.24) is 0 Å². The molecule has 1 aliphatic heterocycles. The molecule has 2 unspecified atom stereocenters. The highest BCUT2D eigenvalue weighted by Crippen LogP contribution is 2.53. The zero-order valence-corrected chi connectivity index (χ0v) is 13.7. The first kappa shape index (κ1) is 15.4. The van der Waals surface area contributed by atoms with Crippen LogP contribution < -0.4 is 4.74 Å². The summed E-state index contributed by atoms with van der Waals surface area (Å²) in [5, 5.41) is 0. The van der Waals surface area contributed by atoms with Crippen LogP contribution in [-0.4, -0.2) is 13.7 Å². The minimum absolute atomic E-state index is 0.147. The Labute approximate surface area is 123 Å². The van der Waals surface area contributed by atoms with E-state index in [0.717, 1.165) is 18.8 Å². The third-order valence-electron chi connectivity index (χ3n) is 4.54. The molecule has 0 aromatic heterocycles. The largest absolute Gasteiger partial charge is 0.497 e. The van der Waals surface area contributed by atoms with Gasteiger partial charge in [0.05, 0.1) is 13.2 Å². The van der Waals surface area contributed by atoms with Gasteiger partial charge < -0.3 is 9.47 Å². The lowest BCUT2D eigenvalue weighted by Crippen LogP contribution is -2.44. The molecular weight excluding hydrogens is 248 g/mol. The molecular formula is C18H28O2. The van der Waals surface area contributed by atoms with Gasteiger partial charge in [-0.1, -0.05) is 46.8 Å². The molecule has 0 spiro atoms. The topological polar surface area (TPSA) is 18.5 Å². The van der Waals surface area contributed by atoms with Gasteiger partial charge in [0.15, 0.2) is 0 Å². The van der Waals surface area contributed by atoms with Crippen LogP contribution in [0, 0.1) is 16.7 Å². The highest BCUT2D eigenvalue weighted by Gasteiger charge is 2.46. The van der Waals surface area contributed by atoms with Gasteiger partial charge in [0.25, 0.3) is 0 Å². The molecule has 2 nitrogen and oxygen atoms in total. The molecule has 0 saturated carbocycles. The highest BCUT2D eigenvalue weighted by atomic mass is 16.5. The van der Waals surface area contributed by atoms with Crippen LogP contribution in [0.4, 0.5) is 0 Å². The molecule has 0 amide bonds. The van der Waals surface area contributed by atoms with Gasteiger partial charge in [-0.3, -0.25) is 0 Å². The number of ether oxygens (including phenoxy) is 2. The lowest BCUT2D eigenvalue weighted by molar-refractivity contribution is -0.131. The monoisotopic (exact) mass is 276 g/mol. The first-order valence-electron chi connectivity index (χ1n) is 7.51. The van der Waals surface area contributed by atoms with Crippen molar-refractivity contribution in [2.45, 2.75) is 47.1 Å². The van der Waals surface area contributed by atoms with Crippen LogP contribution in [0.25, 0.3) is 0 Å². The first-order valence-corrected chi connectivity index (χ1v) is 7.51. The van der Waals surface area contributed by atoms with Crippen LogP contribution >= 0.6 is 0 Å². The maximum absolute atomic E-state index is 6.18. The summed E-state index contributed by atoms with van der Waals surface area (Å²) in [7, 11) is 1.71. The summed E-state index contributed by atoms with van der Waals surface area (Å²) in [6.45, 7) is 12.5. The van der Waals surface area contributed by atoms with E-state index in [9.17, 15) is 0 Å². The van der Waals surface area contributed by atoms with Gasteiger partial charge in [0, 0.05) is 6.61 Å². The van der Waals surface area contributed by atoms with E-state index in [-0.39, 0.29) is 16.9 Å². The smallest absolute Gasteiger partial charge is 0.119 e. The lowest BCUT2D eigenvalue weighted by Gasteiger charge is -2.50. The summed E-state index contributed by atoms with van der Waals surface area (Å²) in [6.07, 6.45) is 1.27. The summed E-state index contributed by atoms with van der Waals surface area (Å²) in [4.78, 5) is 0. The molecule has 1 aliphatic rings. The van der Waals surface area contributed by atoms with Crippen LogP contribution in [0.2, 0.25) is 0 Å². The molecule has 2 rings (SSSR count). The van der Waals surface area contributed by atoms with E-state index in [4.69, 9.17) is 9.47 Å². The normalized spacial score (nSPS) is 26.3. The molecule has 1 fully saturated rings. The molecule has 0 N–H and O–H groups in total. The maximum Gasteiger partial charge on any atom is 0.119 e. The summed E-state index contributed by atoms with van der Waals surface area (Å²) in [5.74, 6) is 1.39. The molecule has 2 heteroatoms. The summed E-state index contributed by atoms with van der Waals surface area (Å²) < 4.78 is 11.5. The van der Waals surface area contributed by atoms with E-state index in [1.54, 1.807) is 7.11 Å². The second-order valence-corrected chi connectivity index (χ2v) is 7.65. The summed E-state index contributed by atoms with van der Waals surface area (Å²) >= 11 is 0. The fraction of sp³-hybridized carbons (Fsp3) is 0.667. The SMILES string of the molecule is COc1cccc(C2OCCC(C)(C)C2C(C)(C)C)c1. The van der Waals surface area contributed by atoms with Crippen LogP contribution in [0.1, 0.15) is 52.7 Å². The van der Waals surface area contributed by atoms with Crippen LogP contribution in [0.15, 0.2) is 24.3 Å². The second kappa shape index (κ2) is 5.40. The van der Waals surface area contributed by atoms with Crippen molar-refractivity contribution in [3.63, 3.8) is 0 Å². The van der Waals surface area contributed by atoms with Crippen LogP contribution in [0.3, 0.4) is 0 Å². The number of hydrogen-bond acceptors (Lipinski definition) is 2. The number of benzene rings is 1. The Morgan fingerprint density at radius 3 is 2.55 bits per heavy atom. The van der Waals surface area contributed by atoms with Gasteiger partial charge in [0.2, 0.25) is 0 Å². The first-order chi connectivity index (χ1) is 9.25. The minimum atomic E-state index is 0.147. The third kappa shape index (κ3) is 3.01. The van der Waals surface area contributed by atoms with E-state index in [1.165, 1.54) is 5.56 Å². The van der Waals surface area contributed by atoms with Gasteiger partial charge in [-0.05, 0) is 40.9 Å². The Morgan fingerprint density at radius 1 is 1.25 bits per heavy atom. The molecule has 0 bridgehead atoms. The van der Waals surface area contributed by atoms with Crippen LogP contribution in [-0.2, 0) is 4.74 Å². The Morgan fingerprint density at radius 2 is 1.95 bits per heavy atom. The standard InChI is InChI=1S/C18H28O2/c1-17(2,3)16-15(20-11-10-18(16,4)5)13-8-7-9-14(12-13)19-6/h7-9,12,15-16H,10-11H2,1-6H3. The van der Waals surface area contributed by atoms with Crippen molar-refractivity contribution in [1.29, 1.82) is 0 Å². The summed E-state index contributed by atoms with van der Waals surface area (Å²) in [6, 6.07) is 8.32. The van der Waals surface area contributed by atoms with E-state index in [2.05, 4.69) is 52.8 Å². The lowest BCUT2D eigenvalue weighted by atomic mass is 9.60. The zero-order chi connectivity index (χ0) is 15.0. The van der Waals surface area contributed by atoms with E-state index in [1.807, 2.05) is 6.07 Å². The molecule has 112 valence electrons. The average Bonchev–Trinajstić information content (AvgIpc) is 2.35. The second-order valence-electron chi connectivity index (χ2n) is 7.65. The van der Waals surface area contributed by atoms with Crippen molar-refractivity contribution in [3.8, 4) is 5.75 Å². The Hall–Kier alpha value is -1.02. The van der Waals surface area contributed by atoms with Crippen molar-refractivity contribution >= 4 is 0 Å². The van der Waals surface area contributed by atoms with Crippen molar-refractivity contribution in [2.75, 3.05) is 13.7 Å². The molecule has 0 aliphatic carbocycles. The molecule has 1 heterocycles. The number of hydrogen-bond donors (Lipinski definition) is 0. The van der Waals surface area contributed by atoms with E-state index < -0.39 is 0 Å². The molecule has 0 radical (unpaired) electrons. The van der Waals surface area contributed by atoms with Crippen molar-refractivity contribution in [2.24, 2.45) is 16.7 Å². The fourth-order valence-corrected chi connectivity index (χ4v) is 3.84. The predicted octanol–water partition coefficient (Wildman–Crippen LogP) is 4.85. The Kier molecular flexibility index (Phi) is 4.15. The summed E-state index contributed by atoms with van der Waals surface area (Å²) in [5.41, 5.74) is 1.72. The van der Waals surface area contributed by atoms with Gasteiger partial charge >= 0.3 is 0 Å². The van der Waals surface area contributed by atoms with Gasteiger partial charge in [0.1, 0.15) is 5.75 Å². The Bertz CT molecular complexity index is 457. The van der Waals surface area contributed by atoms with E-state index in [0.29, 0.717) is 5.92 Å². The number of methoxy groups -OCH3 is 1. The predicted molar refractivity (Wildman–Crippen MR) is 83.0 cm³/mol. The average molecular weight is 276 g/mol. The third-order valence-corrected chi connectivity index (χ3v) is 4.54. The zero-order valence-electron chi connectivity index (χ0n) is 13.7. The minimum Gasteiger partial charge on any atom is -0.497 e. The van der Waals surface area contributed by atoms with Crippen LogP contribution in [0.5, 0.6) is 5.75 Å². The maximum atomic E-state index is 6.18. The molecule has 1 aromatic carbocycles. The molecule has 1 aromatic rings. The van der Waals surface area contributed by atoms with Gasteiger partial charge in [-0.15, -0.1) is 0 Å². The van der Waals surface area contributed by atoms with Crippen molar-refractivity contribution in [3.05, 3.63) is 29.8 Å². The van der Waals surface area contributed by atoms with E-state index >= 15 is 0 Å². The Balaban J connectivity index is 2.41. The van der Waals surface area contributed by atoms with Gasteiger partial charge in [-0.25, -0.2) is 0 Å². The van der Waals surface area contributed by atoms with Gasteiger partial charge in [-0.2, -0.15) is 0 Å². The molecule has 1 saturated heterocycles. The van der Waals surface area contributed by atoms with Crippen molar-refractivity contribution < 1.29 is 9.47 Å². The quantitative estimate of drug-likeness (QED) is 0.769. The highest BCUT2D eigenvalue weighted by molar-refractivity contribution is 5.31. The fourth-order valence-electron chi connectivity index (χ4n) is 3.84.